The second-order valence-corrected chi connectivity index (χ2v) is 7.94. The number of carbonyl (C=O) groups excluding carboxylic acids is 1. The van der Waals surface area contributed by atoms with Crippen molar-refractivity contribution in [1.82, 2.24) is 0 Å². The Morgan fingerprint density at radius 2 is 1.87 bits per heavy atom. The van der Waals surface area contributed by atoms with Crippen molar-refractivity contribution in [2.45, 2.75) is 13.8 Å². The van der Waals surface area contributed by atoms with Crippen molar-refractivity contribution in [2.75, 3.05) is 18.3 Å². The van der Waals surface area contributed by atoms with Gasteiger partial charge in [0.1, 0.15) is 0 Å². The number of carbonyl (C=O) groups is 1. The first-order chi connectivity index (χ1) is 6.79. The second-order valence-electron chi connectivity index (χ2n) is 4.47. The van der Waals surface area contributed by atoms with Crippen molar-refractivity contribution < 1.29 is 9.00 Å². The summed E-state index contributed by atoms with van der Waals surface area (Å²) in [5, 5.41) is 0. The van der Waals surface area contributed by atoms with Crippen molar-refractivity contribution in [1.29, 1.82) is 0 Å². The molecule has 0 aromatic heterocycles. The van der Waals surface area contributed by atoms with Crippen LogP contribution in [-0.4, -0.2) is 28.3 Å². The van der Waals surface area contributed by atoms with Gasteiger partial charge in [-0.1, -0.05) is 23.8 Å². The summed E-state index contributed by atoms with van der Waals surface area (Å²) in [5.74, 6) is 0.150. The molecule has 1 aromatic carbocycles. The molecule has 84 valence electrons. The lowest BCUT2D eigenvalue weighted by atomic mass is 10.0. The van der Waals surface area contributed by atoms with Crippen molar-refractivity contribution in [3.63, 3.8) is 0 Å². The average molecular weight is 226 g/mol. The van der Waals surface area contributed by atoms with Gasteiger partial charge in [-0.3, -0.25) is 9.00 Å². The van der Waals surface area contributed by atoms with Crippen LogP contribution in [0.3, 0.4) is 0 Å². The Kier molecular flexibility index (Phi) is 3.45. The minimum atomic E-state index is -2.27. The number of Topliss-reactive ketones (excluding diaryl/α,β-unsaturated/α-hetero) is 1. The third kappa shape index (κ3) is 3.59. The number of thiol groups is 1. The number of ketones is 1. The molecule has 0 N–H and O–H groups in total. The molecule has 0 fully saturated rings. The van der Waals surface area contributed by atoms with Crippen molar-refractivity contribution in [3.8, 4) is 0 Å². The van der Waals surface area contributed by atoms with E-state index in [1.807, 2.05) is 32.0 Å². The SMILES string of the molecule is Cc1ccc(C(=O)C[SH](C)(C)=O)c(C)c1. The summed E-state index contributed by atoms with van der Waals surface area (Å²) < 4.78 is 11.6. The fourth-order valence-corrected chi connectivity index (χ4v) is 2.42. The lowest BCUT2D eigenvalue weighted by molar-refractivity contribution is 0.102. The van der Waals surface area contributed by atoms with E-state index in [4.69, 9.17) is 0 Å². The molecule has 0 amide bonds. The van der Waals surface area contributed by atoms with Crippen LogP contribution in [0.2, 0.25) is 0 Å². The van der Waals surface area contributed by atoms with Crippen LogP contribution in [0.15, 0.2) is 18.2 Å². The van der Waals surface area contributed by atoms with Crippen molar-refractivity contribution >= 4 is 15.7 Å². The summed E-state index contributed by atoms with van der Waals surface area (Å²) >= 11 is 0. The molecule has 0 unspecified atom stereocenters. The molecule has 1 aromatic rings. The van der Waals surface area contributed by atoms with Crippen LogP contribution in [0.5, 0.6) is 0 Å². The normalized spacial score (nSPS) is 12.5. The molecule has 0 heterocycles. The first-order valence-corrected chi connectivity index (χ1v) is 7.73. The van der Waals surface area contributed by atoms with Crippen LogP contribution in [0.4, 0.5) is 0 Å². The Balaban J connectivity index is 2.97. The summed E-state index contributed by atoms with van der Waals surface area (Å²) in [7, 11) is -2.27. The van der Waals surface area contributed by atoms with Gasteiger partial charge in [-0.25, -0.2) is 0 Å². The standard InChI is InChI=1S/C12H18O2S/c1-9-5-6-11(10(2)7-9)12(13)8-15(3,4)14/h5-7,15H,8H2,1-4H3. The third-order valence-electron chi connectivity index (χ3n) is 2.21. The van der Waals surface area contributed by atoms with Gasteiger partial charge >= 0.3 is 0 Å². The fourth-order valence-electron chi connectivity index (χ4n) is 1.56. The van der Waals surface area contributed by atoms with Crippen LogP contribution >= 0.6 is 0 Å². The average Bonchev–Trinajstić information content (AvgIpc) is 1.99. The molecule has 0 radical (unpaired) electrons. The molecule has 0 bridgehead atoms. The summed E-state index contributed by atoms with van der Waals surface area (Å²) in [5.41, 5.74) is 2.80. The van der Waals surface area contributed by atoms with E-state index >= 15 is 0 Å². The molecule has 15 heavy (non-hydrogen) atoms. The largest absolute Gasteiger partial charge is 0.293 e. The van der Waals surface area contributed by atoms with Crippen LogP contribution in [0.25, 0.3) is 0 Å². The lowest BCUT2D eigenvalue weighted by Gasteiger charge is -2.12. The quantitative estimate of drug-likeness (QED) is 0.629. The van der Waals surface area contributed by atoms with E-state index in [0.717, 1.165) is 11.1 Å². The molecule has 1 rings (SSSR count). The van der Waals surface area contributed by atoms with Gasteiger partial charge in [0, 0.05) is 5.56 Å². The Hall–Kier alpha value is -0.960. The molecule has 0 spiro atoms. The zero-order chi connectivity index (χ0) is 11.6. The minimum Gasteiger partial charge on any atom is -0.293 e. The predicted octanol–water partition coefficient (Wildman–Crippen LogP) is 1.76. The molecule has 3 heteroatoms. The number of hydrogen-bond donors (Lipinski definition) is 1. The Morgan fingerprint density at radius 1 is 1.27 bits per heavy atom. The zero-order valence-electron chi connectivity index (χ0n) is 9.70. The van der Waals surface area contributed by atoms with E-state index in [1.165, 1.54) is 0 Å². The van der Waals surface area contributed by atoms with Crippen molar-refractivity contribution in [3.05, 3.63) is 34.9 Å². The van der Waals surface area contributed by atoms with E-state index in [1.54, 1.807) is 12.5 Å². The van der Waals surface area contributed by atoms with E-state index in [2.05, 4.69) is 0 Å². The second kappa shape index (κ2) is 4.27. The molecule has 0 aliphatic rings. The van der Waals surface area contributed by atoms with Gasteiger partial charge in [0.15, 0.2) is 5.78 Å². The number of hydrogen-bond acceptors (Lipinski definition) is 2. The molecular weight excluding hydrogens is 208 g/mol. The highest BCUT2D eigenvalue weighted by molar-refractivity contribution is 8.02. The highest BCUT2D eigenvalue weighted by atomic mass is 32.2. The van der Waals surface area contributed by atoms with Gasteiger partial charge in [0.05, 0.1) is 5.75 Å². The van der Waals surface area contributed by atoms with Gasteiger partial charge in [0.25, 0.3) is 0 Å². The monoisotopic (exact) mass is 226 g/mol. The maximum absolute atomic E-state index is 11.8. The van der Waals surface area contributed by atoms with Crippen LogP contribution in [-0.2, 0) is 9.93 Å². The predicted molar refractivity (Wildman–Crippen MR) is 66.5 cm³/mol. The summed E-state index contributed by atoms with van der Waals surface area (Å²) in [6.45, 7) is 3.91. The summed E-state index contributed by atoms with van der Waals surface area (Å²) in [6.07, 6.45) is 3.29. The Morgan fingerprint density at radius 3 is 2.33 bits per heavy atom. The summed E-state index contributed by atoms with van der Waals surface area (Å²) in [4.78, 5) is 11.8. The van der Waals surface area contributed by atoms with Crippen molar-refractivity contribution in [2.24, 2.45) is 0 Å². The molecule has 0 saturated carbocycles. The van der Waals surface area contributed by atoms with E-state index in [0.29, 0.717) is 5.56 Å². The van der Waals surface area contributed by atoms with Crippen LogP contribution < -0.4 is 0 Å². The van der Waals surface area contributed by atoms with Crippen LogP contribution in [0, 0.1) is 13.8 Å². The third-order valence-corrected chi connectivity index (χ3v) is 3.26. The first-order valence-electron chi connectivity index (χ1n) is 4.94. The maximum Gasteiger partial charge on any atom is 0.173 e. The molecule has 0 aliphatic heterocycles. The first kappa shape index (κ1) is 12.1. The van der Waals surface area contributed by atoms with Gasteiger partial charge in [-0.05, 0) is 31.9 Å². The zero-order valence-corrected chi connectivity index (χ0v) is 10.6. The number of rotatable bonds is 3. The highest BCUT2D eigenvalue weighted by Gasteiger charge is 2.13. The Bertz CT molecular complexity index is 429. The van der Waals surface area contributed by atoms with Gasteiger partial charge in [-0.15, -0.1) is 9.93 Å². The molecule has 0 aliphatic carbocycles. The maximum atomic E-state index is 11.8. The number of aryl methyl sites for hydroxylation is 2. The van der Waals surface area contributed by atoms with Crippen LogP contribution in [0.1, 0.15) is 21.5 Å². The van der Waals surface area contributed by atoms with Gasteiger partial charge in [-0.2, -0.15) is 0 Å². The van der Waals surface area contributed by atoms with E-state index in [-0.39, 0.29) is 11.5 Å². The highest BCUT2D eigenvalue weighted by Crippen LogP contribution is 2.12. The molecule has 0 saturated heterocycles. The van der Waals surface area contributed by atoms with Gasteiger partial charge in [0.2, 0.25) is 0 Å². The smallest absolute Gasteiger partial charge is 0.173 e. The fraction of sp³-hybridized carbons (Fsp3) is 0.417. The molecule has 0 atom stereocenters. The lowest BCUT2D eigenvalue weighted by Crippen LogP contribution is -2.20. The molecular formula is C12H18O2S. The van der Waals surface area contributed by atoms with E-state index in [9.17, 15) is 9.00 Å². The molecule has 2 nitrogen and oxygen atoms in total. The summed E-state index contributed by atoms with van der Waals surface area (Å²) in [6, 6.07) is 5.71. The number of benzene rings is 1. The minimum absolute atomic E-state index is 0.0131. The Labute approximate surface area is 92.1 Å². The van der Waals surface area contributed by atoms with Gasteiger partial charge < -0.3 is 0 Å². The van der Waals surface area contributed by atoms with E-state index < -0.39 is 9.93 Å². The topological polar surface area (TPSA) is 34.1 Å².